The van der Waals surface area contributed by atoms with Gasteiger partial charge in [0.05, 0.1) is 11.1 Å². The Bertz CT molecular complexity index is 1460. The number of hydrogen-bond donors (Lipinski definition) is 1. The lowest BCUT2D eigenvalue weighted by Crippen LogP contribution is -2.52. The molecule has 0 aliphatic carbocycles. The van der Waals surface area contributed by atoms with Crippen LogP contribution in [-0.2, 0) is 31.8 Å². The van der Waals surface area contributed by atoms with Crippen molar-refractivity contribution < 1.29 is 38.1 Å². The highest BCUT2D eigenvalue weighted by molar-refractivity contribution is 14.1. The molecule has 2 aromatic carbocycles. The van der Waals surface area contributed by atoms with E-state index in [0.717, 1.165) is 14.7 Å². The first-order chi connectivity index (χ1) is 22.3. The fraction of sp³-hybridized carbons (Fsp3) is 0.556. The van der Waals surface area contributed by atoms with E-state index >= 15 is 0 Å². The summed E-state index contributed by atoms with van der Waals surface area (Å²) in [4.78, 5) is 52.4. The lowest BCUT2D eigenvalue weighted by Gasteiger charge is -2.43. The maximum atomic E-state index is 12.4. The van der Waals surface area contributed by atoms with E-state index in [1.54, 1.807) is 21.9 Å². The third kappa shape index (κ3) is 8.53. The van der Waals surface area contributed by atoms with Gasteiger partial charge < -0.3 is 34.5 Å². The van der Waals surface area contributed by atoms with E-state index in [1.165, 1.54) is 0 Å². The summed E-state index contributed by atoms with van der Waals surface area (Å²) in [6.45, 7) is 13.3. The van der Waals surface area contributed by atoms with Crippen molar-refractivity contribution in [2.45, 2.75) is 102 Å². The number of halogens is 1. The minimum Gasteiger partial charge on any atom is -0.455 e. The molecule has 2 N–H and O–H groups in total. The van der Waals surface area contributed by atoms with Crippen molar-refractivity contribution in [3.63, 3.8) is 0 Å². The van der Waals surface area contributed by atoms with Gasteiger partial charge in [0.2, 0.25) is 0 Å². The number of nitrogen functional groups attached to an aromatic ring is 1. The number of benzene rings is 2. The van der Waals surface area contributed by atoms with Crippen LogP contribution in [0.4, 0.5) is 15.3 Å². The van der Waals surface area contributed by atoms with Crippen molar-refractivity contribution in [3.8, 4) is 0 Å². The average Bonchev–Trinajstić information content (AvgIpc) is 2.97. The number of likely N-dealkylation sites (tertiary alicyclic amines) is 2. The molecule has 0 atom stereocenters. The molecule has 4 aliphatic heterocycles. The van der Waals surface area contributed by atoms with Gasteiger partial charge in [0, 0.05) is 74.0 Å². The molecule has 2 spiro atoms. The normalized spacial score (nSPS) is 19.6. The van der Waals surface area contributed by atoms with Crippen molar-refractivity contribution in [2.24, 2.45) is 0 Å². The van der Waals surface area contributed by atoms with E-state index in [0.29, 0.717) is 81.5 Å². The number of carbonyl (C=O) groups excluding carboxylic acids is 4. The number of fused-ring (bicyclic) bond motifs is 2. The van der Waals surface area contributed by atoms with Crippen LogP contribution in [0.25, 0.3) is 0 Å². The fourth-order valence-corrected chi connectivity index (χ4v) is 7.00. The summed E-state index contributed by atoms with van der Waals surface area (Å²) >= 11 is 2.20. The van der Waals surface area contributed by atoms with Gasteiger partial charge in [-0.2, -0.15) is 0 Å². The molecule has 0 saturated carbocycles. The molecule has 4 aliphatic rings. The third-order valence-electron chi connectivity index (χ3n) is 8.94. The molecule has 12 heteroatoms. The largest absolute Gasteiger partial charge is 0.455 e. The second kappa shape index (κ2) is 13.4. The molecular weight excluding hydrogens is 729 g/mol. The zero-order valence-electron chi connectivity index (χ0n) is 28.7. The Kier molecular flexibility index (Phi) is 9.98. The smallest absolute Gasteiger partial charge is 0.410 e. The van der Waals surface area contributed by atoms with E-state index in [1.807, 2.05) is 65.8 Å². The Balaban J connectivity index is 0.000000188. The van der Waals surface area contributed by atoms with E-state index in [-0.39, 0.29) is 24.1 Å². The molecule has 4 heterocycles. The molecule has 0 aromatic heterocycles. The van der Waals surface area contributed by atoms with Crippen LogP contribution in [0.2, 0.25) is 0 Å². The van der Waals surface area contributed by atoms with Crippen molar-refractivity contribution >= 4 is 52.4 Å². The van der Waals surface area contributed by atoms with Gasteiger partial charge in [-0.1, -0.05) is 12.1 Å². The van der Waals surface area contributed by atoms with Gasteiger partial charge in [0.1, 0.15) is 22.4 Å². The molecule has 0 bridgehead atoms. The van der Waals surface area contributed by atoms with Crippen molar-refractivity contribution in [1.29, 1.82) is 0 Å². The molecule has 2 fully saturated rings. The molecule has 260 valence electrons. The van der Waals surface area contributed by atoms with Gasteiger partial charge in [0.15, 0.2) is 0 Å². The average molecular weight is 776 g/mol. The number of rotatable bonds is 0. The highest BCUT2D eigenvalue weighted by Crippen LogP contribution is 2.38. The predicted molar refractivity (Wildman–Crippen MR) is 188 cm³/mol. The standard InChI is InChI=1S/C18H22INO4.C18H24N2O4/c2*1-17(2,3)24-16(22)20-8-6-18(7-9-20)11-12-4-5-13(19)10-14(12)15(21)23-18/h4-5,10H,6-9,11H2,1-3H3;4-5,10H,6-9,11,19H2,1-3H3. The zero-order chi connectivity index (χ0) is 35.1. The summed E-state index contributed by atoms with van der Waals surface area (Å²) in [6.07, 6.45) is 3.28. The number of hydrogen-bond acceptors (Lipinski definition) is 9. The number of ether oxygens (including phenoxy) is 4. The Hall–Kier alpha value is -3.55. The van der Waals surface area contributed by atoms with Crippen LogP contribution in [0.5, 0.6) is 0 Å². The van der Waals surface area contributed by atoms with Crippen molar-refractivity contribution in [2.75, 3.05) is 31.9 Å². The highest BCUT2D eigenvalue weighted by atomic mass is 127. The molecular formula is C36H46IN3O8. The quantitative estimate of drug-likeness (QED) is 0.137. The fourth-order valence-electron chi connectivity index (χ4n) is 6.50. The monoisotopic (exact) mass is 775 g/mol. The number of nitrogens with two attached hydrogens (primary N) is 1. The van der Waals surface area contributed by atoms with Gasteiger partial charge in [-0.15, -0.1) is 0 Å². The van der Waals surface area contributed by atoms with E-state index in [4.69, 9.17) is 24.7 Å². The first kappa shape index (κ1) is 35.7. The predicted octanol–water partition coefficient (Wildman–Crippen LogP) is 6.53. The van der Waals surface area contributed by atoms with E-state index in [2.05, 4.69) is 22.6 Å². The van der Waals surface area contributed by atoms with Crippen LogP contribution in [0.3, 0.4) is 0 Å². The maximum Gasteiger partial charge on any atom is 0.410 e. The van der Waals surface area contributed by atoms with Gasteiger partial charge in [0.25, 0.3) is 0 Å². The molecule has 48 heavy (non-hydrogen) atoms. The molecule has 2 aromatic rings. The van der Waals surface area contributed by atoms with Gasteiger partial charge in [-0.3, -0.25) is 0 Å². The summed E-state index contributed by atoms with van der Waals surface area (Å²) in [7, 11) is 0. The lowest BCUT2D eigenvalue weighted by atomic mass is 9.81. The summed E-state index contributed by atoms with van der Waals surface area (Å²) in [6, 6.07) is 11.3. The number of nitrogens with zero attached hydrogens (tertiary/aromatic N) is 2. The first-order valence-electron chi connectivity index (χ1n) is 16.4. The first-order valence-corrected chi connectivity index (χ1v) is 17.5. The Morgan fingerprint density at radius 1 is 0.708 bits per heavy atom. The molecule has 0 unspecified atom stereocenters. The van der Waals surface area contributed by atoms with Gasteiger partial charge in [-0.25, -0.2) is 19.2 Å². The Labute approximate surface area is 295 Å². The van der Waals surface area contributed by atoms with Crippen molar-refractivity contribution in [3.05, 3.63) is 62.2 Å². The van der Waals surface area contributed by atoms with E-state index < -0.39 is 22.4 Å². The summed E-state index contributed by atoms with van der Waals surface area (Å²) in [5, 5.41) is 0. The minimum absolute atomic E-state index is 0.250. The topological polar surface area (TPSA) is 138 Å². The Morgan fingerprint density at radius 3 is 1.52 bits per heavy atom. The van der Waals surface area contributed by atoms with Crippen molar-refractivity contribution in [1.82, 2.24) is 9.80 Å². The number of amides is 2. The van der Waals surface area contributed by atoms with Crippen LogP contribution < -0.4 is 5.73 Å². The van der Waals surface area contributed by atoms with Crippen LogP contribution in [-0.4, -0.2) is 82.5 Å². The summed E-state index contributed by atoms with van der Waals surface area (Å²) < 4.78 is 23.4. The number of piperidine rings is 2. The molecule has 2 amide bonds. The number of esters is 2. The number of anilines is 1. The van der Waals surface area contributed by atoms with Gasteiger partial charge >= 0.3 is 24.1 Å². The van der Waals surface area contributed by atoms with Gasteiger partial charge in [-0.05, 0) is 99.5 Å². The highest BCUT2D eigenvalue weighted by Gasteiger charge is 2.45. The van der Waals surface area contributed by atoms with E-state index in [9.17, 15) is 19.2 Å². The zero-order valence-corrected chi connectivity index (χ0v) is 30.8. The van der Waals surface area contributed by atoms with Crippen LogP contribution in [0.1, 0.15) is 99.1 Å². The minimum atomic E-state index is -0.529. The number of carbonyl (C=O) groups is 4. The summed E-state index contributed by atoms with van der Waals surface area (Å²) in [5.74, 6) is -0.574. The van der Waals surface area contributed by atoms with Crippen LogP contribution in [0, 0.1) is 3.57 Å². The second-order valence-electron chi connectivity index (χ2n) is 15.2. The molecule has 0 radical (unpaired) electrons. The summed E-state index contributed by atoms with van der Waals surface area (Å²) in [5.41, 5.74) is 7.50. The lowest BCUT2D eigenvalue weighted by molar-refractivity contribution is -0.0601. The second-order valence-corrected chi connectivity index (χ2v) is 16.4. The molecule has 11 nitrogen and oxygen atoms in total. The third-order valence-corrected chi connectivity index (χ3v) is 9.61. The van der Waals surface area contributed by atoms with Crippen LogP contribution >= 0.6 is 22.6 Å². The Morgan fingerprint density at radius 2 is 1.10 bits per heavy atom. The maximum absolute atomic E-state index is 12.4. The molecule has 2 saturated heterocycles. The molecule has 6 rings (SSSR count). The van der Waals surface area contributed by atoms with Crippen LogP contribution in [0.15, 0.2) is 36.4 Å². The SMILES string of the molecule is CC(C)(C)OC(=O)N1CCC2(CC1)Cc1ccc(I)cc1C(=O)O2.CC(C)(C)OC(=O)N1CCC2(CC1)Cc1ccc(N)cc1C(=O)O2.